The molecule has 2 aromatic heterocycles. The molecule has 4 aromatic rings. The minimum absolute atomic E-state index is 0.127. The Morgan fingerprint density at radius 2 is 1.70 bits per heavy atom. The molecule has 10 heteroatoms. The number of ether oxygens (including phenoxy) is 1. The van der Waals surface area contributed by atoms with Crippen molar-refractivity contribution in [2.24, 2.45) is 7.05 Å². The quantitative estimate of drug-likeness (QED) is 0.300. The van der Waals surface area contributed by atoms with Crippen LogP contribution in [-0.2, 0) is 18.4 Å². The lowest BCUT2D eigenvalue weighted by Gasteiger charge is -2.18. The molecule has 210 valence electrons. The Balaban J connectivity index is 1.60. The van der Waals surface area contributed by atoms with Crippen LogP contribution in [0.5, 0.6) is 5.75 Å². The van der Waals surface area contributed by atoms with E-state index >= 15 is 0 Å². The third-order valence-corrected chi connectivity index (χ3v) is 6.65. The van der Waals surface area contributed by atoms with E-state index in [0.717, 1.165) is 39.9 Å². The second-order valence-corrected chi connectivity index (χ2v) is 10.2. The van der Waals surface area contributed by atoms with Gasteiger partial charge >= 0.3 is 0 Å². The molecule has 40 heavy (non-hydrogen) atoms. The summed E-state index contributed by atoms with van der Waals surface area (Å²) >= 11 is 0. The molecule has 2 heterocycles. The van der Waals surface area contributed by atoms with Crippen LogP contribution in [0, 0.1) is 6.92 Å². The van der Waals surface area contributed by atoms with Gasteiger partial charge in [-0.1, -0.05) is 6.07 Å². The highest BCUT2D eigenvalue weighted by Gasteiger charge is 2.17. The highest BCUT2D eigenvalue weighted by atomic mass is 16.5. The van der Waals surface area contributed by atoms with Gasteiger partial charge in [-0.25, -0.2) is 0 Å². The molecule has 0 aliphatic rings. The Hall–Kier alpha value is -4.44. The Bertz CT molecular complexity index is 1490. The largest absolute Gasteiger partial charge is 0.492 e. The van der Waals surface area contributed by atoms with Crippen LogP contribution in [0.4, 0.5) is 0 Å². The first-order valence-corrected chi connectivity index (χ1v) is 13.2. The van der Waals surface area contributed by atoms with E-state index in [0.29, 0.717) is 17.9 Å². The first-order valence-electron chi connectivity index (χ1n) is 13.2. The minimum Gasteiger partial charge on any atom is -0.492 e. The molecular formula is C30H37N7O3. The van der Waals surface area contributed by atoms with E-state index < -0.39 is 0 Å². The number of aromatic nitrogens is 4. The third-order valence-electron chi connectivity index (χ3n) is 6.65. The van der Waals surface area contributed by atoms with Crippen LogP contribution in [0.15, 0.2) is 61.2 Å². The highest BCUT2D eigenvalue weighted by Crippen LogP contribution is 2.31. The maximum Gasteiger partial charge on any atom is 0.252 e. The van der Waals surface area contributed by atoms with Gasteiger partial charge in [0.25, 0.3) is 5.91 Å². The summed E-state index contributed by atoms with van der Waals surface area (Å²) in [5.74, 6) is 0.368. The predicted molar refractivity (Wildman–Crippen MR) is 155 cm³/mol. The topological polar surface area (TPSA) is 106 Å². The molecule has 0 aliphatic carbocycles. The zero-order chi connectivity index (χ0) is 28.8. The van der Waals surface area contributed by atoms with Gasteiger partial charge in [0, 0.05) is 49.7 Å². The summed E-state index contributed by atoms with van der Waals surface area (Å²) in [5.41, 5.74) is 6.10. The van der Waals surface area contributed by atoms with Crippen molar-refractivity contribution < 1.29 is 14.3 Å². The summed E-state index contributed by atoms with van der Waals surface area (Å²) in [4.78, 5) is 27.3. The van der Waals surface area contributed by atoms with Crippen LogP contribution in [0.25, 0.3) is 22.3 Å². The van der Waals surface area contributed by atoms with Crippen molar-refractivity contribution in [2.45, 2.75) is 26.4 Å². The van der Waals surface area contributed by atoms with Crippen molar-refractivity contribution in [2.75, 3.05) is 34.3 Å². The van der Waals surface area contributed by atoms with E-state index in [1.807, 2.05) is 76.7 Å². The number of nitrogens with one attached hydrogen (secondary N) is 2. The van der Waals surface area contributed by atoms with Crippen molar-refractivity contribution in [3.05, 3.63) is 77.9 Å². The zero-order valence-electron chi connectivity index (χ0n) is 23.9. The number of nitrogens with zero attached hydrogens (tertiary/aromatic N) is 5. The zero-order valence-corrected chi connectivity index (χ0v) is 23.9. The van der Waals surface area contributed by atoms with Gasteiger partial charge in [-0.15, -0.1) is 0 Å². The van der Waals surface area contributed by atoms with E-state index in [1.54, 1.807) is 28.7 Å². The number of hydrogen-bond donors (Lipinski definition) is 2. The standard InChI is InChI=1S/C30H37N7O3/c1-20-7-8-27(40-10-9-35(4)5)14-28(20)30(39)34-21(2)22-11-23(25-15-32-36(6)17-25)13-24(12-22)26-16-33-37(18-26)19-29(38)31-3/h7-8,11-18,21H,9-10,19H2,1-6H3,(H,31,38)(H,34,39)/t21-/m1/s1. The molecule has 0 spiro atoms. The van der Waals surface area contributed by atoms with E-state index in [2.05, 4.69) is 33.0 Å². The van der Waals surface area contributed by atoms with Gasteiger partial charge in [-0.05, 0) is 80.5 Å². The molecule has 1 atom stereocenters. The highest BCUT2D eigenvalue weighted by molar-refractivity contribution is 5.96. The second kappa shape index (κ2) is 12.6. The number of likely N-dealkylation sites (N-methyl/N-ethyl adjacent to an activating group) is 2. The molecule has 0 saturated carbocycles. The fourth-order valence-corrected chi connectivity index (χ4v) is 4.27. The lowest BCUT2D eigenvalue weighted by Crippen LogP contribution is -2.27. The number of rotatable bonds is 11. The smallest absolute Gasteiger partial charge is 0.252 e. The van der Waals surface area contributed by atoms with Gasteiger partial charge in [-0.2, -0.15) is 10.2 Å². The third kappa shape index (κ3) is 7.15. The molecule has 4 rings (SSSR count). The molecule has 10 nitrogen and oxygen atoms in total. The Kier molecular flexibility index (Phi) is 9.00. The average molecular weight is 544 g/mol. The van der Waals surface area contributed by atoms with Crippen LogP contribution in [0.2, 0.25) is 0 Å². The molecule has 2 N–H and O–H groups in total. The average Bonchev–Trinajstić information content (AvgIpc) is 3.58. The lowest BCUT2D eigenvalue weighted by atomic mass is 9.96. The summed E-state index contributed by atoms with van der Waals surface area (Å²) in [7, 11) is 7.46. The predicted octanol–water partition coefficient (Wildman–Crippen LogP) is 3.44. The summed E-state index contributed by atoms with van der Waals surface area (Å²) in [6.07, 6.45) is 7.35. The molecule has 2 aromatic carbocycles. The van der Waals surface area contributed by atoms with Gasteiger partial charge in [-0.3, -0.25) is 19.0 Å². The molecule has 0 unspecified atom stereocenters. The summed E-state index contributed by atoms with van der Waals surface area (Å²) < 4.78 is 9.21. The van der Waals surface area contributed by atoms with Gasteiger partial charge in [0.05, 0.1) is 18.4 Å². The van der Waals surface area contributed by atoms with Gasteiger partial charge in [0.2, 0.25) is 5.91 Å². The molecule has 2 amide bonds. The minimum atomic E-state index is -0.290. The fraction of sp³-hybridized carbons (Fsp3) is 0.333. The van der Waals surface area contributed by atoms with Crippen molar-refractivity contribution >= 4 is 11.8 Å². The summed E-state index contributed by atoms with van der Waals surface area (Å²) in [6.45, 7) is 5.34. The van der Waals surface area contributed by atoms with E-state index in [-0.39, 0.29) is 24.4 Å². The Morgan fingerprint density at radius 1 is 1.00 bits per heavy atom. The molecular weight excluding hydrogens is 506 g/mol. The van der Waals surface area contributed by atoms with Crippen LogP contribution in [0.3, 0.4) is 0 Å². The first kappa shape index (κ1) is 28.6. The van der Waals surface area contributed by atoms with Crippen LogP contribution >= 0.6 is 0 Å². The fourth-order valence-electron chi connectivity index (χ4n) is 4.27. The normalized spacial score (nSPS) is 11.9. The van der Waals surface area contributed by atoms with Crippen LogP contribution in [0.1, 0.15) is 34.5 Å². The number of amides is 2. The molecule has 0 fully saturated rings. The SMILES string of the molecule is CNC(=O)Cn1cc(-c2cc(-c3cnn(C)c3)cc([C@@H](C)NC(=O)c3cc(OCCN(C)C)ccc3C)c2)cn1. The Morgan fingerprint density at radius 3 is 2.35 bits per heavy atom. The van der Waals surface area contributed by atoms with Gasteiger partial charge in [0.1, 0.15) is 18.9 Å². The summed E-state index contributed by atoms with van der Waals surface area (Å²) in [5, 5.41) is 14.5. The molecule has 0 radical (unpaired) electrons. The van der Waals surface area contributed by atoms with E-state index in [1.165, 1.54) is 0 Å². The van der Waals surface area contributed by atoms with Crippen molar-refractivity contribution in [1.82, 2.24) is 35.1 Å². The first-order chi connectivity index (χ1) is 19.1. The molecule has 0 aliphatic heterocycles. The van der Waals surface area contributed by atoms with Gasteiger partial charge < -0.3 is 20.3 Å². The van der Waals surface area contributed by atoms with E-state index in [4.69, 9.17) is 4.74 Å². The van der Waals surface area contributed by atoms with Crippen molar-refractivity contribution in [3.8, 4) is 28.0 Å². The number of aryl methyl sites for hydroxylation is 2. The maximum atomic E-state index is 13.4. The van der Waals surface area contributed by atoms with Crippen molar-refractivity contribution in [1.29, 1.82) is 0 Å². The number of hydrogen-bond acceptors (Lipinski definition) is 6. The molecule has 0 bridgehead atoms. The second-order valence-electron chi connectivity index (χ2n) is 10.2. The number of benzene rings is 2. The Labute approximate surface area is 234 Å². The summed E-state index contributed by atoms with van der Waals surface area (Å²) in [6, 6.07) is 11.5. The van der Waals surface area contributed by atoms with E-state index in [9.17, 15) is 9.59 Å². The maximum absolute atomic E-state index is 13.4. The van der Waals surface area contributed by atoms with Gasteiger partial charge in [0.15, 0.2) is 0 Å². The van der Waals surface area contributed by atoms with Crippen LogP contribution in [-0.4, -0.2) is 70.6 Å². The molecule has 0 saturated heterocycles. The number of carbonyl (C=O) groups excluding carboxylic acids is 2. The van der Waals surface area contributed by atoms with Crippen molar-refractivity contribution in [3.63, 3.8) is 0 Å². The lowest BCUT2D eigenvalue weighted by molar-refractivity contribution is -0.121. The monoisotopic (exact) mass is 543 g/mol. The van der Waals surface area contributed by atoms with Crippen LogP contribution < -0.4 is 15.4 Å². The number of carbonyl (C=O) groups is 2.